The molecule has 0 aliphatic carbocycles. The summed E-state index contributed by atoms with van der Waals surface area (Å²) < 4.78 is 1.07. The molecule has 2 heterocycles. The van der Waals surface area contributed by atoms with Gasteiger partial charge in [-0.05, 0) is 53.5 Å². The standard InChI is InChI=1S/C13H20BrN3/c1-2-5-17(13-3-4-15-9-13)10-11-6-12(14)8-16-7-11/h6-8,13,15H,2-5,9-10H2,1H3. The van der Waals surface area contributed by atoms with Crippen LogP contribution in [0.25, 0.3) is 0 Å². The number of halogens is 1. The predicted molar refractivity (Wildman–Crippen MR) is 73.9 cm³/mol. The van der Waals surface area contributed by atoms with E-state index in [0.717, 1.165) is 24.1 Å². The van der Waals surface area contributed by atoms with Crippen LogP contribution in [-0.4, -0.2) is 35.6 Å². The number of nitrogens with zero attached hydrogens (tertiary/aromatic N) is 2. The molecular weight excluding hydrogens is 278 g/mol. The zero-order valence-corrected chi connectivity index (χ0v) is 11.9. The minimum absolute atomic E-state index is 0.689. The van der Waals surface area contributed by atoms with E-state index in [2.05, 4.69) is 44.1 Å². The predicted octanol–water partition coefficient (Wildman–Crippen LogP) is 2.42. The van der Waals surface area contributed by atoms with E-state index < -0.39 is 0 Å². The highest BCUT2D eigenvalue weighted by Gasteiger charge is 2.21. The van der Waals surface area contributed by atoms with Gasteiger partial charge >= 0.3 is 0 Å². The van der Waals surface area contributed by atoms with Crippen molar-refractivity contribution in [2.45, 2.75) is 32.4 Å². The molecule has 1 fully saturated rings. The van der Waals surface area contributed by atoms with Crippen LogP contribution in [-0.2, 0) is 6.54 Å². The summed E-state index contributed by atoms with van der Waals surface area (Å²) >= 11 is 3.48. The van der Waals surface area contributed by atoms with Crippen LogP contribution in [0.3, 0.4) is 0 Å². The monoisotopic (exact) mass is 297 g/mol. The second kappa shape index (κ2) is 6.47. The van der Waals surface area contributed by atoms with E-state index in [1.54, 1.807) is 0 Å². The molecule has 94 valence electrons. The third kappa shape index (κ3) is 3.76. The van der Waals surface area contributed by atoms with Gasteiger partial charge in [-0.2, -0.15) is 0 Å². The second-order valence-corrected chi connectivity index (χ2v) is 5.54. The Morgan fingerprint density at radius 3 is 3.06 bits per heavy atom. The molecule has 0 aromatic carbocycles. The van der Waals surface area contributed by atoms with Crippen LogP contribution in [0.15, 0.2) is 22.9 Å². The van der Waals surface area contributed by atoms with E-state index in [4.69, 9.17) is 0 Å². The Labute approximate surface area is 112 Å². The number of pyridine rings is 1. The number of hydrogen-bond acceptors (Lipinski definition) is 3. The molecule has 3 nitrogen and oxygen atoms in total. The van der Waals surface area contributed by atoms with Gasteiger partial charge in [-0.15, -0.1) is 0 Å². The molecule has 1 aliphatic heterocycles. The van der Waals surface area contributed by atoms with Crippen molar-refractivity contribution in [3.63, 3.8) is 0 Å². The Kier molecular flexibility index (Phi) is 4.95. The molecule has 17 heavy (non-hydrogen) atoms. The SMILES string of the molecule is CCCN(Cc1cncc(Br)c1)C1CCNC1. The maximum absolute atomic E-state index is 4.23. The first-order chi connectivity index (χ1) is 8.29. The fourth-order valence-corrected chi connectivity index (χ4v) is 2.82. The Balaban J connectivity index is 2.01. The van der Waals surface area contributed by atoms with E-state index in [9.17, 15) is 0 Å². The summed E-state index contributed by atoms with van der Waals surface area (Å²) in [5.41, 5.74) is 1.29. The maximum Gasteiger partial charge on any atom is 0.0410 e. The van der Waals surface area contributed by atoms with Gasteiger partial charge in [0.05, 0.1) is 0 Å². The first-order valence-electron chi connectivity index (χ1n) is 6.33. The lowest BCUT2D eigenvalue weighted by atomic mass is 10.1. The molecule has 1 aromatic heterocycles. The fraction of sp³-hybridized carbons (Fsp3) is 0.615. The van der Waals surface area contributed by atoms with Gasteiger partial charge in [-0.1, -0.05) is 6.92 Å². The summed E-state index contributed by atoms with van der Waals surface area (Å²) in [5, 5.41) is 3.44. The Bertz CT molecular complexity index is 350. The van der Waals surface area contributed by atoms with Crippen molar-refractivity contribution in [3.8, 4) is 0 Å². The Morgan fingerprint density at radius 2 is 2.41 bits per heavy atom. The quantitative estimate of drug-likeness (QED) is 0.905. The molecule has 1 saturated heterocycles. The van der Waals surface area contributed by atoms with Crippen molar-refractivity contribution in [3.05, 3.63) is 28.5 Å². The number of aromatic nitrogens is 1. The average Bonchev–Trinajstić information content (AvgIpc) is 2.82. The molecule has 0 saturated carbocycles. The van der Waals surface area contributed by atoms with Gasteiger partial charge < -0.3 is 5.32 Å². The van der Waals surface area contributed by atoms with Crippen LogP contribution in [0.4, 0.5) is 0 Å². The largest absolute Gasteiger partial charge is 0.315 e. The highest BCUT2D eigenvalue weighted by atomic mass is 79.9. The maximum atomic E-state index is 4.23. The molecule has 0 spiro atoms. The van der Waals surface area contributed by atoms with E-state index in [-0.39, 0.29) is 0 Å². The van der Waals surface area contributed by atoms with Crippen LogP contribution in [0, 0.1) is 0 Å². The van der Waals surface area contributed by atoms with Crippen molar-refractivity contribution in [2.75, 3.05) is 19.6 Å². The van der Waals surface area contributed by atoms with Gasteiger partial charge in [0.1, 0.15) is 0 Å². The lowest BCUT2D eigenvalue weighted by molar-refractivity contribution is 0.199. The normalized spacial score (nSPS) is 20.1. The Hall–Kier alpha value is -0.450. The smallest absolute Gasteiger partial charge is 0.0410 e. The molecule has 1 aromatic rings. The number of nitrogens with one attached hydrogen (secondary N) is 1. The van der Waals surface area contributed by atoms with Gasteiger partial charge in [-0.25, -0.2) is 0 Å². The minimum Gasteiger partial charge on any atom is -0.315 e. The summed E-state index contributed by atoms with van der Waals surface area (Å²) in [6.45, 7) is 6.70. The van der Waals surface area contributed by atoms with Gasteiger partial charge in [0.25, 0.3) is 0 Å². The highest BCUT2D eigenvalue weighted by molar-refractivity contribution is 9.10. The summed E-state index contributed by atoms with van der Waals surface area (Å²) in [6, 6.07) is 2.85. The summed E-state index contributed by atoms with van der Waals surface area (Å²) in [5.74, 6) is 0. The van der Waals surface area contributed by atoms with E-state index >= 15 is 0 Å². The van der Waals surface area contributed by atoms with E-state index in [1.807, 2.05) is 12.4 Å². The number of hydrogen-bond donors (Lipinski definition) is 1. The second-order valence-electron chi connectivity index (χ2n) is 4.63. The van der Waals surface area contributed by atoms with Crippen molar-refractivity contribution >= 4 is 15.9 Å². The molecule has 1 atom stereocenters. The van der Waals surface area contributed by atoms with Crippen LogP contribution in [0.2, 0.25) is 0 Å². The summed E-state index contributed by atoms with van der Waals surface area (Å²) in [4.78, 5) is 6.81. The van der Waals surface area contributed by atoms with Crippen LogP contribution in [0.5, 0.6) is 0 Å². The van der Waals surface area contributed by atoms with Crippen LogP contribution < -0.4 is 5.32 Å². The third-order valence-electron chi connectivity index (χ3n) is 3.21. The molecule has 4 heteroatoms. The molecular formula is C13H20BrN3. The topological polar surface area (TPSA) is 28.2 Å². The molecule has 0 radical (unpaired) electrons. The van der Waals surface area contributed by atoms with Gasteiger partial charge in [0, 0.05) is 36.0 Å². The zero-order valence-electron chi connectivity index (χ0n) is 10.3. The van der Waals surface area contributed by atoms with E-state index in [0.29, 0.717) is 6.04 Å². The molecule has 0 bridgehead atoms. The first kappa shape index (κ1) is 13.0. The molecule has 1 unspecified atom stereocenters. The third-order valence-corrected chi connectivity index (χ3v) is 3.64. The Morgan fingerprint density at radius 1 is 1.53 bits per heavy atom. The lowest BCUT2D eigenvalue weighted by Gasteiger charge is -2.27. The van der Waals surface area contributed by atoms with Crippen molar-refractivity contribution in [1.82, 2.24) is 15.2 Å². The van der Waals surface area contributed by atoms with Gasteiger partial charge in [-0.3, -0.25) is 9.88 Å². The zero-order chi connectivity index (χ0) is 12.1. The van der Waals surface area contributed by atoms with Crippen molar-refractivity contribution in [2.24, 2.45) is 0 Å². The molecule has 0 amide bonds. The number of rotatable bonds is 5. The van der Waals surface area contributed by atoms with Crippen LogP contribution >= 0.6 is 15.9 Å². The van der Waals surface area contributed by atoms with Crippen molar-refractivity contribution < 1.29 is 0 Å². The average molecular weight is 298 g/mol. The molecule has 2 rings (SSSR count). The van der Waals surface area contributed by atoms with E-state index in [1.165, 1.54) is 24.9 Å². The molecule has 1 aliphatic rings. The fourth-order valence-electron chi connectivity index (χ4n) is 2.41. The first-order valence-corrected chi connectivity index (χ1v) is 7.13. The highest BCUT2D eigenvalue weighted by Crippen LogP contribution is 2.16. The van der Waals surface area contributed by atoms with Gasteiger partial charge in [0.15, 0.2) is 0 Å². The van der Waals surface area contributed by atoms with Crippen molar-refractivity contribution in [1.29, 1.82) is 0 Å². The van der Waals surface area contributed by atoms with Gasteiger partial charge in [0.2, 0.25) is 0 Å². The lowest BCUT2D eigenvalue weighted by Crippen LogP contribution is -2.36. The summed E-state index contributed by atoms with van der Waals surface area (Å²) in [6.07, 6.45) is 6.28. The summed E-state index contributed by atoms with van der Waals surface area (Å²) in [7, 11) is 0. The minimum atomic E-state index is 0.689. The van der Waals surface area contributed by atoms with Crippen LogP contribution in [0.1, 0.15) is 25.3 Å². The molecule has 1 N–H and O–H groups in total.